The van der Waals surface area contributed by atoms with Crippen molar-refractivity contribution < 1.29 is 9.85 Å². The van der Waals surface area contributed by atoms with E-state index in [0.29, 0.717) is 44.9 Å². The fourth-order valence-electron chi connectivity index (χ4n) is 5.96. The van der Waals surface area contributed by atoms with E-state index in [-0.39, 0.29) is 28.5 Å². The summed E-state index contributed by atoms with van der Waals surface area (Å²) in [6, 6.07) is 24.0. The fraction of sp³-hybridized carbons (Fsp3) is 0.0312. The number of benzene rings is 4. The van der Waals surface area contributed by atoms with Gasteiger partial charge in [-0.25, -0.2) is 34.9 Å². The normalized spacial score (nSPS) is 18.1. The summed E-state index contributed by atoms with van der Waals surface area (Å²) in [6.45, 7) is 0. The van der Waals surface area contributed by atoms with E-state index in [0.717, 1.165) is 22.3 Å². The maximum atomic E-state index is 11.7. The Morgan fingerprint density at radius 2 is 1.04 bits per heavy atom. The summed E-state index contributed by atoms with van der Waals surface area (Å²) in [5, 5.41) is 24.4. The van der Waals surface area contributed by atoms with Gasteiger partial charge in [-0.2, -0.15) is 0 Å². The van der Waals surface area contributed by atoms with Crippen molar-refractivity contribution in [1.82, 2.24) is 4.98 Å². The van der Waals surface area contributed by atoms with Crippen molar-refractivity contribution in [2.75, 3.05) is 0 Å². The molecule has 1 aromatic heterocycles. The topological polar surface area (TPSA) is 189 Å². The number of hydrogen-bond acceptors (Lipinski definition) is 11. The summed E-state index contributed by atoms with van der Waals surface area (Å²) in [5.41, 5.74) is 4.36. The second kappa shape index (κ2) is 9.33. The number of fused-ring (bicyclic) bond motifs is 17. The number of non-ortho nitro benzene ring substituents is 2. The maximum absolute atomic E-state index is 11.7. The maximum Gasteiger partial charge on any atom is 0.270 e. The van der Waals surface area contributed by atoms with Gasteiger partial charge in [0.1, 0.15) is 11.0 Å². The van der Waals surface area contributed by atoms with Gasteiger partial charge < -0.3 is 4.98 Å². The quantitative estimate of drug-likeness (QED) is 0.235. The molecule has 5 aromatic rings. The number of hydrogen-bond donors (Lipinski definition) is 1. The van der Waals surface area contributed by atoms with Crippen LogP contribution in [-0.2, 0) is 0 Å². The molecule has 0 saturated carbocycles. The zero-order chi connectivity index (χ0) is 31.1. The fourth-order valence-corrected chi connectivity index (χ4v) is 5.96. The number of nitrogens with one attached hydrogen (secondary N) is 1. The molecule has 4 aromatic carbocycles. The lowest BCUT2D eigenvalue weighted by molar-refractivity contribution is -0.385. The third-order valence-corrected chi connectivity index (χ3v) is 8.11. The van der Waals surface area contributed by atoms with Gasteiger partial charge in [-0.15, -0.1) is 0 Å². The average molecular weight is 605 g/mol. The Morgan fingerprint density at radius 1 is 0.522 bits per heavy atom. The molecule has 0 saturated heterocycles. The molecule has 8 bridgehead atoms. The van der Waals surface area contributed by atoms with E-state index >= 15 is 0 Å². The summed E-state index contributed by atoms with van der Waals surface area (Å²) in [5.74, 6) is 1.69. The first kappa shape index (κ1) is 25.6. The van der Waals surface area contributed by atoms with Gasteiger partial charge in [-0.1, -0.05) is 48.5 Å². The van der Waals surface area contributed by atoms with Crippen LogP contribution in [0.1, 0.15) is 39.5 Å². The zero-order valence-electron chi connectivity index (χ0n) is 23.3. The number of nitro benzene ring substituents is 2. The molecular weight excluding hydrogens is 588 g/mol. The van der Waals surface area contributed by atoms with Crippen LogP contribution in [0.25, 0.3) is 10.8 Å². The van der Waals surface area contributed by atoms with Gasteiger partial charge >= 0.3 is 0 Å². The molecule has 14 nitrogen and oxygen atoms in total. The van der Waals surface area contributed by atoms with Crippen LogP contribution < -0.4 is 11.0 Å². The molecule has 1 atom stereocenters. The smallest absolute Gasteiger partial charge is 0.270 e. The van der Waals surface area contributed by atoms with Crippen LogP contribution in [0.4, 0.5) is 11.4 Å². The van der Waals surface area contributed by atoms with Gasteiger partial charge in [0.2, 0.25) is 0 Å². The highest BCUT2D eigenvalue weighted by atomic mass is 16.6. The number of amidine groups is 5. The molecule has 0 aliphatic carbocycles. The number of H-pyrrole nitrogens is 1. The predicted molar refractivity (Wildman–Crippen MR) is 169 cm³/mol. The minimum absolute atomic E-state index is 0.140. The van der Waals surface area contributed by atoms with Crippen LogP contribution in [0, 0.1) is 20.2 Å². The van der Waals surface area contributed by atoms with Crippen molar-refractivity contribution >= 4 is 51.3 Å². The standard InChI is InChI=1S/C32H16N10O4/c43-41(44)15-9-11-21-23(13-15)31-38-29(21)36-27-19-7-3-1-5-17(19)25(34-27)33-26-18-6-2-4-8-20(18)28(35-26)37-30-22-12-10-16(42(45)46)14-24(22)32(39-30)40-31/h1-14,27H,(H,33,34,35,36,37,38,39,40). The van der Waals surface area contributed by atoms with Gasteiger partial charge in [-0.05, 0) is 12.1 Å². The molecule has 14 heteroatoms. The summed E-state index contributed by atoms with van der Waals surface area (Å²) in [7, 11) is 0. The first-order valence-corrected chi connectivity index (χ1v) is 14.0. The first-order valence-electron chi connectivity index (χ1n) is 14.0. The minimum Gasteiger partial charge on any atom is -0.324 e. The Labute approximate surface area is 256 Å². The van der Waals surface area contributed by atoms with Crippen LogP contribution in [0.3, 0.4) is 0 Å². The van der Waals surface area contributed by atoms with Crippen LogP contribution in [0.2, 0.25) is 0 Å². The molecule has 46 heavy (non-hydrogen) atoms. The monoisotopic (exact) mass is 604 g/mol. The van der Waals surface area contributed by atoms with Crippen LogP contribution in [0.5, 0.6) is 0 Å². The molecule has 0 fully saturated rings. The van der Waals surface area contributed by atoms with E-state index in [1.165, 1.54) is 24.3 Å². The highest BCUT2D eigenvalue weighted by Crippen LogP contribution is 2.34. The zero-order valence-corrected chi connectivity index (χ0v) is 23.3. The van der Waals surface area contributed by atoms with Crippen molar-refractivity contribution in [2.24, 2.45) is 34.9 Å². The number of aromatic nitrogens is 1. The lowest BCUT2D eigenvalue weighted by Gasteiger charge is -2.05. The van der Waals surface area contributed by atoms with Crippen LogP contribution in [-0.4, -0.2) is 44.0 Å². The molecule has 4 aliphatic heterocycles. The number of nitro groups is 2. The summed E-state index contributed by atoms with van der Waals surface area (Å²) in [4.78, 5) is 59.4. The van der Waals surface area contributed by atoms with Crippen LogP contribution >= 0.6 is 0 Å². The Bertz CT molecular complexity index is 2560. The predicted octanol–water partition coefficient (Wildman–Crippen LogP) is 4.11. The van der Waals surface area contributed by atoms with Gasteiger partial charge in [0.05, 0.1) is 9.85 Å². The minimum atomic E-state index is -0.699. The largest absolute Gasteiger partial charge is 0.324 e. The molecule has 218 valence electrons. The average Bonchev–Trinajstić information content (AvgIpc) is 3.79. The summed E-state index contributed by atoms with van der Waals surface area (Å²) in [6.07, 6.45) is -0.699. The van der Waals surface area contributed by atoms with Crippen molar-refractivity contribution in [2.45, 2.75) is 6.17 Å². The Kier molecular flexibility index (Phi) is 5.20. The van der Waals surface area contributed by atoms with Gasteiger partial charge in [0.15, 0.2) is 35.3 Å². The lowest BCUT2D eigenvalue weighted by atomic mass is 10.1. The van der Waals surface area contributed by atoms with Crippen molar-refractivity contribution in [3.05, 3.63) is 150 Å². The highest BCUT2D eigenvalue weighted by molar-refractivity contribution is 6.26. The van der Waals surface area contributed by atoms with Crippen molar-refractivity contribution in [3.63, 3.8) is 0 Å². The number of aromatic amines is 1. The van der Waals surface area contributed by atoms with Crippen molar-refractivity contribution in [3.8, 4) is 0 Å². The SMILES string of the molecule is O=[N+]([O-])c1ccc2c(c1)C1=N/C2=N\C2N=C(N=C3N=C(N=c4[nH]c(c5cc([N+](=O)[O-])ccc45)=N1)c1ccccc13)c1ccccc12. The van der Waals surface area contributed by atoms with E-state index in [2.05, 4.69) is 4.98 Å². The molecule has 9 rings (SSSR count). The number of rotatable bonds is 2. The summed E-state index contributed by atoms with van der Waals surface area (Å²) >= 11 is 0. The Morgan fingerprint density at radius 3 is 1.76 bits per heavy atom. The van der Waals surface area contributed by atoms with Crippen molar-refractivity contribution in [1.29, 1.82) is 0 Å². The number of aliphatic imine (C=N–C) groups is 5. The van der Waals surface area contributed by atoms with Gasteiger partial charge in [0, 0.05) is 68.4 Å². The first-order chi connectivity index (χ1) is 22.4. The summed E-state index contributed by atoms with van der Waals surface area (Å²) < 4.78 is 0. The van der Waals surface area contributed by atoms with Gasteiger partial charge in [0.25, 0.3) is 11.4 Å². The molecule has 1 N–H and O–H groups in total. The highest BCUT2D eigenvalue weighted by Gasteiger charge is 2.31. The third-order valence-electron chi connectivity index (χ3n) is 8.11. The third kappa shape index (κ3) is 3.80. The molecule has 0 radical (unpaired) electrons. The molecule has 1 unspecified atom stereocenters. The molecule has 0 spiro atoms. The number of nitrogens with zero attached hydrogens (tertiary/aromatic N) is 9. The lowest BCUT2D eigenvalue weighted by Crippen LogP contribution is -2.15. The van der Waals surface area contributed by atoms with E-state index in [9.17, 15) is 20.2 Å². The van der Waals surface area contributed by atoms with Gasteiger partial charge in [-0.3, -0.25) is 20.2 Å². The molecule has 5 heterocycles. The molecular formula is C32H16N10O4. The second-order valence-electron chi connectivity index (χ2n) is 10.7. The van der Waals surface area contributed by atoms with E-state index in [1.54, 1.807) is 12.1 Å². The molecule has 0 amide bonds. The van der Waals surface area contributed by atoms with Crippen LogP contribution in [0.15, 0.2) is 120 Å². The molecule has 4 aliphatic rings. The van der Waals surface area contributed by atoms with E-state index in [4.69, 9.17) is 34.9 Å². The Hall–Kier alpha value is -6.83. The second-order valence-corrected chi connectivity index (χ2v) is 10.7. The Balaban J connectivity index is 1.39. The van der Waals surface area contributed by atoms with E-state index < -0.39 is 16.0 Å². The van der Waals surface area contributed by atoms with E-state index in [1.807, 2.05) is 48.5 Å².